The van der Waals surface area contributed by atoms with Gasteiger partial charge < -0.3 is 23.8 Å². The molecule has 1 saturated heterocycles. The van der Waals surface area contributed by atoms with Gasteiger partial charge in [0.1, 0.15) is 23.1 Å². The van der Waals surface area contributed by atoms with Crippen LogP contribution in [0.1, 0.15) is 63.0 Å². The third-order valence-electron chi connectivity index (χ3n) is 6.49. The van der Waals surface area contributed by atoms with Crippen molar-refractivity contribution in [2.75, 3.05) is 25.1 Å². The van der Waals surface area contributed by atoms with Crippen molar-refractivity contribution in [3.8, 4) is 16.9 Å². The second kappa shape index (κ2) is 13.3. The number of hydrogen-bond acceptors (Lipinski definition) is 9. The van der Waals surface area contributed by atoms with Crippen molar-refractivity contribution in [1.82, 2.24) is 14.9 Å². The van der Waals surface area contributed by atoms with Gasteiger partial charge in [0.2, 0.25) is 5.95 Å². The molecule has 240 valence electrons. The van der Waals surface area contributed by atoms with Gasteiger partial charge in [-0.25, -0.2) is 29.3 Å². The van der Waals surface area contributed by atoms with E-state index in [1.807, 2.05) is 31.2 Å². The summed E-state index contributed by atoms with van der Waals surface area (Å²) >= 11 is 6.58. The predicted molar refractivity (Wildman–Crippen MR) is 170 cm³/mol. The average molecular weight is 639 g/mol. The van der Waals surface area contributed by atoms with E-state index in [1.54, 1.807) is 53.7 Å². The maximum atomic E-state index is 13.2. The zero-order valence-electron chi connectivity index (χ0n) is 26.8. The van der Waals surface area contributed by atoms with Crippen LogP contribution in [0.5, 0.6) is 5.75 Å². The molecule has 0 saturated carbocycles. The number of halogens is 1. The summed E-state index contributed by atoms with van der Waals surface area (Å²) in [4.78, 5) is 50.0. The average Bonchev–Trinajstić information content (AvgIpc) is 2.92. The highest BCUT2D eigenvalue weighted by molar-refractivity contribution is 6.35. The zero-order valence-corrected chi connectivity index (χ0v) is 27.6. The van der Waals surface area contributed by atoms with Crippen molar-refractivity contribution in [2.45, 2.75) is 72.3 Å². The molecule has 0 unspecified atom stereocenters. The summed E-state index contributed by atoms with van der Waals surface area (Å²) in [6, 6.07) is 11.0. The minimum absolute atomic E-state index is 0.0770. The Morgan fingerprint density at radius 1 is 0.956 bits per heavy atom. The molecule has 0 bridgehead atoms. The third-order valence-corrected chi connectivity index (χ3v) is 6.88. The molecular formula is C33H39ClN4O7. The lowest BCUT2D eigenvalue weighted by Gasteiger charge is -2.39. The molecule has 4 rings (SSSR count). The maximum absolute atomic E-state index is 13.2. The van der Waals surface area contributed by atoms with Gasteiger partial charge in [-0.05, 0) is 71.7 Å². The van der Waals surface area contributed by atoms with Crippen molar-refractivity contribution in [1.29, 1.82) is 0 Å². The molecule has 2 amide bonds. The number of aromatic nitrogens is 2. The Kier molecular flexibility index (Phi) is 9.92. The molecule has 12 heteroatoms. The summed E-state index contributed by atoms with van der Waals surface area (Å²) in [6.45, 7) is 13.5. The van der Waals surface area contributed by atoms with Crippen LogP contribution < -0.4 is 9.64 Å². The Hall–Kier alpha value is -4.38. The monoisotopic (exact) mass is 638 g/mol. The van der Waals surface area contributed by atoms with Crippen molar-refractivity contribution in [3.05, 3.63) is 70.5 Å². The van der Waals surface area contributed by atoms with Crippen LogP contribution in [0.15, 0.2) is 48.8 Å². The molecule has 2 aromatic carbocycles. The molecule has 1 aliphatic rings. The van der Waals surface area contributed by atoms with Crippen molar-refractivity contribution < 1.29 is 33.3 Å². The Labute approximate surface area is 268 Å². The molecule has 11 nitrogen and oxygen atoms in total. The minimum atomic E-state index is -0.726. The predicted octanol–water partition coefficient (Wildman–Crippen LogP) is 6.83. The lowest BCUT2D eigenvalue weighted by Crippen LogP contribution is -2.57. The second-order valence-corrected chi connectivity index (χ2v) is 13.2. The van der Waals surface area contributed by atoms with Crippen LogP contribution in [0.3, 0.4) is 0 Å². The number of carbonyl (C=O) groups excluding carboxylic acids is 3. The fourth-order valence-corrected chi connectivity index (χ4v) is 4.64. The van der Waals surface area contributed by atoms with Crippen molar-refractivity contribution in [3.63, 3.8) is 0 Å². The number of aryl methyl sites for hydroxylation is 1. The van der Waals surface area contributed by atoms with Crippen LogP contribution in [0.25, 0.3) is 11.1 Å². The fourth-order valence-electron chi connectivity index (χ4n) is 4.41. The number of carbonyl (C=O) groups is 3. The Bertz CT molecular complexity index is 1560. The first-order valence-electron chi connectivity index (χ1n) is 14.5. The van der Waals surface area contributed by atoms with Gasteiger partial charge in [-0.2, -0.15) is 0 Å². The lowest BCUT2D eigenvalue weighted by atomic mass is 10.0. The highest BCUT2D eigenvalue weighted by Crippen LogP contribution is 2.36. The van der Waals surface area contributed by atoms with Crippen LogP contribution in [0.4, 0.5) is 15.5 Å². The molecule has 0 aliphatic carbocycles. The molecule has 0 radical (unpaired) electrons. The van der Waals surface area contributed by atoms with Gasteiger partial charge in [0.25, 0.3) is 0 Å². The first kappa shape index (κ1) is 33.5. The largest absolute Gasteiger partial charge is 0.485 e. The Balaban J connectivity index is 1.60. The Morgan fingerprint density at radius 3 is 2.18 bits per heavy atom. The number of anilines is 1. The van der Waals surface area contributed by atoms with Gasteiger partial charge in [0.05, 0.1) is 37.3 Å². The standard InChI is InChI=1S/C33H39ClN4O7/c1-20-10-9-11-21(12-20)17-38(31(41)45-33(5,6)7)29-35-15-23(16-36-29)22-13-25(28(39)42-8)27(34)26(14-22)43-24-18-37(19-24)30(40)44-32(2,3)4/h9-16,24H,17-19H2,1-8H3. The summed E-state index contributed by atoms with van der Waals surface area (Å²) in [5.41, 5.74) is 1.76. The molecule has 1 aromatic heterocycles. The summed E-state index contributed by atoms with van der Waals surface area (Å²) in [5.74, 6) is -0.269. The molecule has 2 heterocycles. The molecular weight excluding hydrogens is 600 g/mol. The number of methoxy groups -OCH3 is 1. The number of nitrogens with zero attached hydrogens (tertiary/aromatic N) is 4. The number of rotatable bonds is 7. The van der Waals surface area contributed by atoms with E-state index in [0.717, 1.165) is 11.1 Å². The minimum Gasteiger partial charge on any atom is -0.485 e. The number of amides is 2. The first-order chi connectivity index (χ1) is 21.0. The van der Waals surface area contributed by atoms with Gasteiger partial charge in [-0.15, -0.1) is 0 Å². The molecule has 3 aromatic rings. The summed E-state index contributed by atoms with van der Waals surface area (Å²) in [5, 5.41) is 0.0770. The van der Waals surface area contributed by atoms with E-state index in [-0.39, 0.29) is 34.9 Å². The van der Waals surface area contributed by atoms with Crippen LogP contribution >= 0.6 is 11.6 Å². The molecule has 1 aliphatic heterocycles. The summed E-state index contributed by atoms with van der Waals surface area (Å²) < 4.78 is 22.1. The van der Waals surface area contributed by atoms with E-state index in [9.17, 15) is 14.4 Å². The SMILES string of the molecule is COC(=O)c1cc(-c2cnc(N(Cc3cccc(C)c3)C(=O)OC(C)(C)C)nc2)cc(OC2CN(C(=O)OC(C)(C)C)C2)c1Cl. The van der Waals surface area contributed by atoms with Crippen LogP contribution in [-0.2, 0) is 20.8 Å². The van der Waals surface area contributed by atoms with Gasteiger partial charge in [-0.3, -0.25) is 0 Å². The molecule has 0 spiro atoms. The topological polar surface area (TPSA) is 120 Å². The molecule has 0 atom stereocenters. The Morgan fingerprint density at radius 2 is 1.60 bits per heavy atom. The van der Waals surface area contributed by atoms with E-state index < -0.39 is 29.4 Å². The number of likely N-dealkylation sites (tertiary alicyclic amines) is 1. The molecule has 0 N–H and O–H groups in total. The lowest BCUT2D eigenvalue weighted by molar-refractivity contribution is -0.0221. The van der Waals surface area contributed by atoms with Gasteiger partial charge in [0.15, 0.2) is 0 Å². The summed E-state index contributed by atoms with van der Waals surface area (Å²) in [6.07, 6.45) is 1.69. The van der Waals surface area contributed by atoms with E-state index in [0.29, 0.717) is 24.2 Å². The molecule has 1 fully saturated rings. The molecule has 45 heavy (non-hydrogen) atoms. The van der Waals surface area contributed by atoms with Crippen molar-refractivity contribution in [2.24, 2.45) is 0 Å². The van der Waals surface area contributed by atoms with E-state index >= 15 is 0 Å². The summed E-state index contributed by atoms with van der Waals surface area (Å²) in [7, 11) is 1.26. The van der Waals surface area contributed by atoms with Crippen LogP contribution in [0.2, 0.25) is 5.02 Å². The zero-order chi connectivity index (χ0) is 33.1. The van der Waals surface area contributed by atoms with Gasteiger partial charge in [0, 0.05) is 18.0 Å². The smallest absolute Gasteiger partial charge is 0.417 e. The highest BCUT2D eigenvalue weighted by atomic mass is 35.5. The van der Waals surface area contributed by atoms with Gasteiger partial charge in [-0.1, -0.05) is 41.4 Å². The van der Waals surface area contributed by atoms with Crippen LogP contribution in [-0.4, -0.2) is 70.5 Å². The van der Waals surface area contributed by atoms with E-state index in [2.05, 4.69) is 9.97 Å². The van der Waals surface area contributed by atoms with Gasteiger partial charge >= 0.3 is 18.2 Å². The number of benzene rings is 2. The third kappa shape index (κ3) is 8.85. The normalized spacial score (nSPS) is 13.5. The van der Waals surface area contributed by atoms with Crippen LogP contribution in [0, 0.1) is 6.92 Å². The highest BCUT2D eigenvalue weighted by Gasteiger charge is 2.36. The van der Waals surface area contributed by atoms with Crippen molar-refractivity contribution >= 4 is 35.7 Å². The maximum Gasteiger partial charge on any atom is 0.417 e. The van der Waals surface area contributed by atoms with E-state index in [4.69, 9.17) is 30.5 Å². The second-order valence-electron chi connectivity index (χ2n) is 12.8. The number of hydrogen-bond donors (Lipinski definition) is 0. The first-order valence-corrected chi connectivity index (χ1v) is 14.9. The number of ether oxygens (including phenoxy) is 4. The fraction of sp³-hybridized carbons (Fsp3) is 0.424. The van der Waals surface area contributed by atoms with E-state index in [1.165, 1.54) is 29.3 Å². The quantitative estimate of drug-likeness (QED) is 0.202. The number of esters is 1.